The van der Waals surface area contributed by atoms with E-state index in [4.69, 9.17) is 9.57 Å². The van der Waals surface area contributed by atoms with E-state index in [0.29, 0.717) is 33.8 Å². The van der Waals surface area contributed by atoms with Gasteiger partial charge >= 0.3 is 0 Å². The number of carbonyl (C=O) groups excluding carboxylic acids is 3. The van der Waals surface area contributed by atoms with Gasteiger partial charge in [0.15, 0.2) is 17.5 Å². The highest BCUT2D eigenvalue weighted by atomic mass is 19.1. The quantitative estimate of drug-likeness (QED) is 0.388. The van der Waals surface area contributed by atoms with E-state index in [1.165, 1.54) is 25.5 Å². The number of halogens is 1. The number of benzene rings is 1. The van der Waals surface area contributed by atoms with Crippen LogP contribution in [0.4, 0.5) is 10.1 Å². The Kier molecular flexibility index (Phi) is 5.59. The summed E-state index contributed by atoms with van der Waals surface area (Å²) in [7, 11) is 1.41. The van der Waals surface area contributed by atoms with Crippen molar-refractivity contribution in [3.05, 3.63) is 75.2 Å². The van der Waals surface area contributed by atoms with E-state index in [1.807, 2.05) is 16.8 Å². The van der Waals surface area contributed by atoms with E-state index >= 15 is 0 Å². The molecule has 0 spiro atoms. The Morgan fingerprint density at radius 2 is 2.08 bits per heavy atom. The predicted octanol–water partition coefficient (Wildman–Crippen LogP) is 1.86. The molecule has 0 saturated carbocycles. The molecular formula is C26H20FN3O6. The monoisotopic (exact) mass is 489 g/mol. The van der Waals surface area contributed by atoms with Gasteiger partial charge in [-0.05, 0) is 30.7 Å². The molecule has 0 aromatic heterocycles. The van der Waals surface area contributed by atoms with Gasteiger partial charge in [-0.3, -0.25) is 0 Å². The Hall–Kier alpha value is -4.45. The Bertz CT molecular complexity index is 1470. The van der Waals surface area contributed by atoms with Crippen molar-refractivity contribution in [1.82, 2.24) is 4.90 Å². The number of nitrogens with zero attached hydrogens (tertiary/aromatic N) is 3. The molecule has 0 radical (unpaired) electrons. The zero-order valence-electron chi connectivity index (χ0n) is 19.4. The molecule has 4 heterocycles. The minimum Gasteiger partial charge on any atom is -0.479 e. The van der Waals surface area contributed by atoms with Gasteiger partial charge in [0.1, 0.15) is 31.2 Å². The summed E-state index contributed by atoms with van der Waals surface area (Å²) in [6.45, 7) is 1.93. The summed E-state index contributed by atoms with van der Waals surface area (Å²) in [6.07, 6.45) is 3.22. The number of anilines is 1. The summed E-state index contributed by atoms with van der Waals surface area (Å²) < 4.78 is 19.7. The van der Waals surface area contributed by atoms with Crippen LogP contribution in [0.15, 0.2) is 69.0 Å². The normalized spacial score (nSPS) is 22.3. The van der Waals surface area contributed by atoms with Crippen molar-refractivity contribution in [3.63, 3.8) is 0 Å². The molecule has 1 aromatic rings. The first kappa shape index (κ1) is 23.3. The van der Waals surface area contributed by atoms with Gasteiger partial charge in [-0.15, -0.1) is 0 Å². The first-order valence-electron chi connectivity index (χ1n) is 11.1. The van der Waals surface area contributed by atoms with Crippen molar-refractivity contribution >= 4 is 35.3 Å². The van der Waals surface area contributed by atoms with Crippen LogP contribution in [0.5, 0.6) is 0 Å². The second-order valence-corrected chi connectivity index (χ2v) is 8.43. The molecular weight excluding hydrogens is 469 g/mol. The lowest BCUT2D eigenvalue weighted by Crippen LogP contribution is -2.42. The van der Waals surface area contributed by atoms with Gasteiger partial charge in [-0.1, -0.05) is 12.1 Å². The van der Waals surface area contributed by atoms with Crippen LogP contribution in [0.25, 0.3) is 5.57 Å². The molecule has 1 aromatic carbocycles. The highest BCUT2D eigenvalue weighted by molar-refractivity contribution is 6.07. The molecule has 0 amide bonds. The molecule has 4 aliphatic rings. The third-order valence-corrected chi connectivity index (χ3v) is 6.83. The largest absolute Gasteiger partial charge is 0.479 e. The zero-order chi connectivity index (χ0) is 25.6. The van der Waals surface area contributed by atoms with Gasteiger partial charge < -0.3 is 24.5 Å². The number of hydrogen-bond donors (Lipinski definition) is 1. The van der Waals surface area contributed by atoms with Crippen LogP contribution in [0.1, 0.15) is 18.9 Å². The topological polar surface area (TPSA) is 109 Å². The highest BCUT2D eigenvalue weighted by Gasteiger charge is 2.49. The molecule has 0 fully saturated rings. The van der Waals surface area contributed by atoms with E-state index in [9.17, 15) is 23.9 Å². The van der Waals surface area contributed by atoms with E-state index in [2.05, 4.69) is 5.16 Å². The van der Waals surface area contributed by atoms with E-state index in [1.54, 1.807) is 29.9 Å². The van der Waals surface area contributed by atoms with Crippen LogP contribution >= 0.6 is 0 Å². The summed E-state index contributed by atoms with van der Waals surface area (Å²) in [5, 5.41) is 15.2. The van der Waals surface area contributed by atoms with Crippen molar-refractivity contribution in [3.8, 4) is 0 Å². The summed E-state index contributed by atoms with van der Waals surface area (Å²) >= 11 is 0. The van der Waals surface area contributed by atoms with Crippen molar-refractivity contribution in [2.75, 3.05) is 31.7 Å². The molecule has 0 bridgehead atoms. The molecule has 0 aliphatic carbocycles. The number of oxime groups is 1. The average molecular weight is 489 g/mol. The predicted molar refractivity (Wildman–Crippen MR) is 127 cm³/mol. The summed E-state index contributed by atoms with van der Waals surface area (Å²) in [5.41, 5.74) is 1.43. The molecule has 4 aliphatic heterocycles. The Morgan fingerprint density at radius 3 is 2.75 bits per heavy atom. The number of fused-ring (bicyclic) bond motifs is 3. The van der Waals surface area contributed by atoms with Gasteiger partial charge in [-0.2, -0.15) is 0 Å². The first-order valence-corrected chi connectivity index (χ1v) is 11.1. The Labute approximate surface area is 205 Å². The molecule has 1 atom stereocenters. The maximum absolute atomic E-state index is 14.3. The average Bonchev–Trinajstić information content (AvgIpc) is 3.26. The Morgan fingerprint density at radius 1 is 1.28 bits per heavy atom. The Balaban J connectivity index is 1.77. The highest BCUT2D eigenvalue weighted by Crippen LogP contribution is 2.52. The van der Waals surface area contributed by atoms with Gasteiger partial charge in [-0.25, -0.2) is 18.8 Å². The molecule has 5 rings (SSSR count). The van der Waals surface area contributed by atoms with E-state index < -0.39 is 11.4 Å². The second-order valence-electron chi connectivity index (χ2n) is 8.43. The molecule has 10 heteroatoms. The summed E-state index contributed by atoms with van der Waals surface area (Å²) in [5.74, 6) is 4.73. The minimum atomic E-state index is -1.83. The fraction of sp³-hybridized carbons (Fsp3) is 0.269. The van der Waals surface area contributed by atoms with E-state index in [0.717, 1.165) is 0 Å². The fourth-order valence-electron chi connectivity index (χ4n) is 5.16. The first-order chi connectivity index (χ1) is 17.4. The standard InChI is InChI=1S/C26H20FN3O6/c1-3-26(34)19-9-21-25-17(11-31)16-8-15(27)4-5-20(16)29(7-6-28-35-2)22(25)10-30(21)23(12-32)18(19)14-36-24(26)13-33/h4-6,8-9,34H,3,7,10,14H2,1-2H3/b28-6-/t26-/m0/s1. The van der Waals surface area contributed by atoms with Crippen LogP contribution in [0, 0.1) is 5.82 Å². The van der Waals surface area contributed by atoms with Gasteiger partial charge in [0.25, 0.3) is 0 Å². The molecule has 0 saturated heterocycles. The molecule has 9 nitrogen and oxygen atoms in total. The maximum atomic E-state index is 14.3. The van der Waals surface area contributed by atoms with Crippen LogP contribution in [-0.2, 0) is 24.0 Å². The SMILES string of the molecule is CC[C@@]1(O)C(=C=O)OCC2=C1C=C1C3=C(CN1C2=C=O)N(C/C=N\OC)c1ccc(F)cc1C3=C=O. The third kappa shape index (κ3) is 3.14. The zero-order valence-corrected chi connectivity index (χ0v) is 19.4. The summed E-state index contributed by atoms with van der Waals surface area (Å²) in [4.78, 5) is 44.3. The van der Waals surface area contributed by atoms with Crippen LogP contribution in [0.2, 0.25) is 0 Å². The lowest BCUT2D eigenvalue weighted by Gasteiger charge is -2.39. The molecule has 182 valence electrons. The lowest BCUT2D eigenvalue weighted by molar-refractivity contribution is 0.0311. The number of ether oxygens (including phenoxy) is 1. The van der Waals surface area contributed by atoms with Gasteiger partial charge in [0.05, 0.1) is 36.3 Å². The molecule has 0 unspecified atom stereocenters. The summed E-state index contributed by atoms with van der Waals surface area (Å²) in [6, 6.07) is 4.09. The van der Waals surface area contributed by atoms with Gasteiger partial charge in [0.2, 0.25) is 5.76 Å². The van der Waals surface area contributed by atoms with Crippen molar-refractivity contribution in [2.45, 2.75) is 18.9 Å². The van der Waals surface area contributed by atoms with Crippen molar-refractivity contribution < 1.29 is 33.5 Å². The second kappa shape index (κ2) is 8.64. The fourth-order valence-corrected chi connectivity index (χ4v) is 5.16. The van der Waals surface area contributed by atoms with Crippen molar-refractivity contribution in [1.29, 1.82) is 0 Å². The maximum Gasteiger partial charge on any atom is 0.216 e. The minimum absolute atomic E-state index is 0.0717. The van der Waals surface area contributed by atoms with Crippen LogP contribution in [0.3, 0.4) is 0 Å². The van der Waals surface area contributed by atoms with E-state index in [-0.39, 0.29) is 48.7 Å². The van der Waals surface area contributed by atoms with Crippen LogP contribution < -0.4 is 4.90 Å². The number of allylic oxidation sites excluding steroid dienone is 1. The number of rotatable bonds is 4. The van der Waals surface area contributed by atoms with Crippen molar-refractivity contribution in [2.24, 2.45) is 5.16 Å². The number of hydrogen-bond acceptors (Lipinski definition) is 9. The molecule has 36 heavy (non-hydrogen) atoms. The third-order valence-electron chi connectivity index (χ3n) is 6.83. The van der Waals surface area contributed by atoms with Crippen LogP contribution in [-0.4, -0.2) is 66.5 Å². The lowest BCUT2D eigenvalue weighted by atomic mass is 9.79. The number of aliphatic hydroxyl groups is 1. The molecule has 1 N–H and O–H groups in total. The van der Waals surface area contributed by atoms with Gasteiger partial charge in [0, 0.05) is 28.0 Å². The smallest absolute Gasteiger partial charge is 0.216 e.